The van der Waals surface area contributed by atoms with E-state index in [1.54, 1.807) is 0 Å². The minimum Gasteiger partial charge on any atom is -0.369 e. The molecule has 0 bridgehead atoms. The Bertz CT molecular complexity index is 883. The van der Waals surface area contributed by atoms with Crippen molar-refractivity contribution in [2.24, 2.45) is 5.92 Å². The van der Waals surface area contributed by atoms with Gasteiger partial charge in [-0.2, -0.15) is 0 Å². The summed E-state index contributed by atoms with van der Waals surface area (Å²) in [6, 6.07) is 12.1. The summed E-state index contributed by atoms with van der Waals surface area (Å²) in [6.07, 6.45) is 13.6. The first-order valence-corrected chi connectivity index (χ1v) is 10.5. The van der Waals surface area contributed by atoms with E-state index in [2.05, 4.69) is 39.8 Å². The van der Waals surface area contributed by atoms with E-state index >= 15 is 0 Å². The molecule has 0 N–H and O–H groups in total. The van der Waals surface area contributed by atoms with Crippen molar-refractivity contribution in [3.05, 3.63) is 71.5 Å². The first-order chi connectivity index (χ1) is 13.7. The van der Waals surface area contributed by atoms with Gasteiger partial charge in [0.05, 0.1) is 12.2 Å². The van der Waals surface area contributed by atoms with Gasteiger partial charge in [-0.1, -0.05) is 43.7 Å². The van der Waals surface area contributed by atoms with Gasteiger partial charge >= 0.3 is 0 Å². The highest BCUT2D eigenvalue weighted by atomic mass is 35.5. The highest BCUT2D eigenvalue weighted by Gasteiger charge is 2.19. The molecule has 1 fully saturated rings. The van der Waals surface area contributed by atoms with Gasteiger partial charge in [-0.15, -0.1) is 0 Å². The van der Waals surface area contributed by atoms with E-state index in [1.807, 2.05) is 36.7 Å². The number of hydrogen-bond acceptors (Lipinski definition) is 3. The molecule has 1 aliphatic rings. The van der Waals surface area contributed by atoms with Gasteiger partial charge in [-0.3, -0.25) is 4.98 Å². The number of anilines is 1. The third-order valence-corrected chi connectivity index (χ3v) is 5.88. The molecule has 0 saturated heterocycles. The SMILES string of the molecule is CN(Cc1cn(-c2ccc(Cl)cc2)c(CC2CCCCC2)n1)c1ccncc1. The zero-order chi connectivity index (χ0) is 19.3. The zero-order valence-corrected chi connectivity index (χ0v) is 17.1. The van der Waals surface area contributed by atoms with Crippen LogP contribution in [0.2, 0.25) is 5.02 Å². The molecular weight excluding hydrogens is 368 g/mol. The van der Waals surface area contributed by atoms with Crippen LogP contribution in [0.3, 0.4) is 0 Å². The van der Waals surface area contributed by atoms with Gasteiger partial charge in [-0.05, 0) is 42.3 Å². The lowest BCUT2D eigenvalue weighted by atomic mass is 9.87. The summed E-state index contributed by atoms with van der Waals surface area (Å²) in [7, 11) is 2.09. The van der Waals surface area contributed by atoms with Gasteiger partial charge in [0.15, 0.2) is 0 Å². The molecule has 2 aromatic heterocycles. The second-order valence-corrected chi connectivity index (χ2v) is 8.20. The number of aromatic nitrogens is 3. The predicted octanol–water partition coefficient (Wildman–Crippen LogP) is 5.68. The molecule has 0 radical (unpaired) electrons. The molecule has 1 aromatic carbocycles. The molecular formula is C23H27ClN4. The van der Waals surface area contributed by atoms with E-state index < -0.39 is 0 Å². The molecule has 0 amide bonds. The third kappa shape index (κ3) is 4.56. The maximum absolute atomic E-state index is 6.10. The highest BCUT2D eigenvalue weighted by molar-refractivity contribution is 6.30. The molecule has 5 heteroatoms. The van der Waals surface area contributed by atoms with Crippen LogP contribution in [-0.4, -0.2) is 21.6 Å². The van der Waals surface area contributed by atoms with Crippen molar-refractivity contribution in [1.82, 2.24) is 14.5 Å². The van der Waals surface area contributed by atoms with Crippen LogP contribution in [0, 0.1) is 5.92 Å². The highest BCUT2D eigenvalue weighted by Crippen LogP contribution is 2.28. The monoisotopic (exact) mass is 394 g/mol. The van der Waals surface area contributed by atoms with Crippen LogP contribution < -0.4 is 4.90 Å². The Kier molecular flexibility index (Phi) is 5.96. The molecule has 3 aromatic rings. The summed E-state index contributed by atoms with van der Waals surface area (Å²) in [6.45, 7) is 0.766. The van der Waals surface area contributed by atoms with Gasteiger partial charge in [-0.25, -0.2) is 4.98 Å². The molecule has 0 aliphatic heterocycles. The molecule has 0 spiro atoms. The molecule has 1 aliphatic carbocycles. The maximum atomic E-state index is 6.10. The van der Waals surface area contributed by atoms with E-state index in [0.29, 0.717) is 0 Å². The van der Waals surface area contributed by atoms with E-state index in [1.165, 1.54) is 32.1 Å². The molecule has 0 unspecified atom stereocenters. The smallest absolute Gasteiger partial charge is 0.113 e. The van der Waals surface area contributed by atoms with Gasteiger partial charge in [0.25, 0.3) is 0 Å². The first kappa shape index (κ1) is 19.0. The summed E-state index contributed by atoms with van der Waals surface area (Å²) < 4.78 is 2.25. The maximum Gasteiger partial charge on any atom is 0.113 e. The lowest BCUT2D eigenvalue weighted by Gasteiger charge is -2.21. The third-order valence-electron chi connectivity index (χ3n) is 5.63. The Hall–Kier alpha value is -2.33. The van der Waals surface area contributed by atoms with E-state index in [4.69, 9.17) is 16.6 Å². The first-order valence-electron chi connectivity index (χ1n) is 10.1. The lowest BCUT2D eigenvalue weighted by molar-refractivity contribution is 0.350. The van der Waals surface area contributed by atoms with Crippen LogP contribution >= 0.6 is 11.6 Å². The van der Waals surface area contributed by atoms with Crippen molar-refractivity contribution in [3.63, 3.8) is 0 Å². The summed E-state index contributed by atoms with van der Waals surface area (Å²) in [5.41, 5.74) is 3.35. The van der Waals surface area contributed by atoms with Crippen molar-refractivity contribution >= 4 is 17.3 Å². The van der Waals surface area contributed by atoms with Crippen molar-refractivity contribution in [1.29, 1.82) is 0 Å². The standard InChI is InChI=1S/C23H27ClN4/c1-27(21-11-13-25-14-12-21)16-20-17-28(22-9-7-19(24)8-10-22)23(26-20)15-18-5-3-2-4-6-18/h7-14,17-18H,2-6,15-16H2,1H3. The van der Waals surface area contributed by atoms with Crippen molar-refractivity contribution in [3.8, 4) is 5.69 Å². The Morgan fingerprint density at radius 1 is 1.04 bits per heavy atom. The van der Waals surface area contributed by atoms with E-state index in [-0.39, 0.29) is 0 Å². The Morgan fingerprint density at radius 3 is 2.46 bits per heavy atom. The summed E-state index contributed by atoms with van der Waals surface area (Å²) in [5, 5.41) is 0.760. The fraction of sp³-hybridized carbons (Fsp3) is 0.391. The summed E-state index contributed by atoms with van der Waals surface area (Å²) in [5.74, 6) is 1.90. The zero-order valence-electron chi connectivity index (χ0n) is 16.4. The van der Waals surface area contributed by atoms with E-state index in [9.17, 15) is 0 Å². The number of pyridine rings is 1. The van der Waals surface area contributed by atoms with Crippen LogP contribution in [0.5, 0.6) is 0 Å². The average Bonchev–Trinajstić information content (AvgIpc) is 3.12. The fourth-order valence-electron chi connectivity index (χ4n) is 4.10. The summed E-state index contributed by atoms with van der Waals surface area (Å²) in [4.78, 5) is 11.4. The van der Waals surface area contributed by atoms with Crippen LogP contribution in [-0.2, 0) is 13.0 Å². The quantitative estimate of drug-likeness (QED) is 0.539. The second-order valence-electron chi connectivity index (χ2n) is 7.76. The van der Waals surface area contributed by atoms with Crippen LogP contribution in [0.15, 0.2) is 55.0 Å². The normalized spacial score (nSPS) is 14.9. The van der Waals surface area contributed by atoms with Crippen LogP contribution in [0.1, 0.15) is 43.6 Å². The lowest BCUT2D eigenvalue weighted by Crippen LogP contribution is -2.16. The molecule has 2 heterocycles. The number of nitrogens with zero attached hydrogens (tertiary/aromatic N) is 4. The molecule has 146 valence electrons. The molecule has 0 atom stereocenters. The van der Waals surface area contributed by atoms with Gasteiger partial charge < -0.3 is 9.47 Å². The number of imidazole rings is 1. The minimum absolute atomic E-state index is 0.743. The van der Waals surface area contributed by atoms with Gasteiger partial charge in [0, 0.05) is 48.5 Å². The molecule has 28 heavy (non-hydrogen) atoms. The van der Waals surface area contributed by atoms with E-state index in [0.717, 1.165) is 46.8 Å². The van der Waals surface area contributed by atoms with Gasteiger partial charge in [0.1, 0.15) is 5.82 Å². The number of hydrogen-bond donors (Lipinski definition) is 0. The Balaban J connectivity index is 1.60. The largest absolute Gasteiger partial charge is 0.369 e. The van der Waals surface area contributed by atoms with Crippen molar-refractivity contribution < 1.29 is 0 Å². The topological polar surface area (TPSA) is 34.0 Å². The molecule has 4 nitrogen and oxygen atoms in total. The number of benzene rings is 1. The molecule has 1 saturated carbocycles. The average molecular weight is 395 g/mol. The number of rotatable bonds is 6. The van der Waals surface area contributed by atoms with Crippen LogP contribution in [0.4, 0.5) is 5.69 Å². The Morgan fingerprint density at radius 2 is 1.75 bits per heavy atom. The van der Waals surface area contributed by atoms with Gasteiger partial charge in [0.2, 0.25) is 0 Å². The summed E-state index contributed by atoms with van der Waals surface area (Å²) >= 11 is 6.10. The predicted molar refractivity (Wildman–Crippen MR) is 115 cm³/mol. The van der Waals surface area contributed by atoms with Crippen molar-refractivity contribution in [2.45, 2.75) is 45.1 Å². The fourth-order valence-corrected chi connectivity index (χ4v) is 4.23. The second kappa shape index (κ2) is 8.78. The molecule has 4 rings (SSSR count). The van der Waals surface area contributed by atoms with Crippen LogP contribution in [0.25, 0.3) is 5.69 Å². The van der Waals surface area contributed by atoms with Crippen molar-refractivity contribution in [2.75, 3.05) is 11.9 Å². The number of halogens is 1. The minimum atomic E-state index is 0.743. The Labute approximate surface area is 172 Å².